The summed E-state index contributed by atoms with van der Waals surface area (Å²) >= 11 is 0. The Bertz CT molecular complexity index is 290. The average molecular weight is 286 g/mol. The summed E-state index contributed by atoms with van der Waals surface area (Å²) in [5.41, 5.74) is 5.48. The zero-order chi connectivity index (χ0) is 12.0. The maximum atomic E-state index is 11.6. The van der Waals surface area contributed by atoms with Crippen molar-refractivity contribution in [2.24, 2.45) is 5.73 Å². The third kappa shape index (κ3) is 6.57. The van der Waals surface area contributed by atoms with E-state index in [4.69, 9.17) is 5.73 Å². The number of nitrogens with zero attached hydrogens (tertiary/aromatic N) is 1. The average Bonchev–Trinajstić information content (AvgIpc) is 2.21. The van der Waals surface area contributed by atoms with Gasteiger partial charge in [-0.25, -0.2) is 13.1 Å². The largest absolute Gasteiger partial charge is 0.329 e. The van der Waals surface area contributed by atoms with E-state index < -0.39 is 10.0 Å². The van der Waals surface area contributed by atoms with E-state index in [0.717, 1.165) is 32.5 Å². The third-order valence-electron chi connectivity index (χ3n) is 2.85. The molecule has 1 aliphatic rings. The summed E-state index contributed by atoms with van der Waals surface area (Å²) in [6.45, 7) is 5.34. The smallest absolute Gasteiger partial charge is 0.211 e. The van der Waals surface area contributed by atoms with Crippen LogP contribution in [0.2, 0.25) is 0 Å². The first-order valence-corrected chi connectivity index (χ1v) is 7.65. The third-order valence-corrected chi connectivity index (χ3v) is 4.49. The molecule has 3 N–H and O–H groups in total. The van der Waals surface area contributed by atoms with E-state index >= 15 is 0 Å². The molecule has 0 unspecified atom stereocenters. The molecular weight excluding hydrogens is 262 g/mol. The van der Waals surface area contributed by atoms with E-state index in [2.05, 4.69) is 9.62 Å². The number of halogens is 1. The molecule has 5 nitrogen and oxygen atoms in total. The van der Waals surface area contributed by atoms with E-state index in [0.29, 0.717) is 13.0 Å². The first-order chi connectivity index (χ1) is 7.57. The number of hydrogen-bond donors (Lipinski definition) is 2. The van der Waals surface area contributed by atoms with Crippen molar-refractivity contribution in [1.29, 1.82) is 0 Å². The quantitative estimate of drug-likeness (QED) is 0.729. The summed E-state index contributed by atoms with van der Waals surface area (Å²) in [5, 5.41) is 0. The van der Waals surface area contributed by atoms with Gasteiger partial charge in [0.25, 0.3) is 0 Å². The molecule has 0 amide bonds. The molecule has 1 heterocycles. The van der Waals surface area contributed by atoms with Crippen LogP contribution in [0, 0.1) is 0 Å². The molecule has 0 saturated carbocycles. The van der Waals surface area contributed by atoms with Gasteiger partial charge in [0.15, 0.2) is 0 Å². The zero-order valence-corrected chi connectivity index (χ0v) is 12.0. The Hall–Kier alpha value is 0.120. The van der Waals surface area contributed by atoms with Crippen LogP contribution in [-0.2, 0) is 10.0 Å². The Morgan fingerprint density at radius 1 is 1.35 bits per heavy atom. The predicted octanol–water partition coefficient (Wildman–Crippen LogP) is 0.161. The van der Waals surface area contributed by atoms with E-state index in [9.17, 15) is 8.42 Å². The molecule has 0 aromatic rings. The molecule has 1 aliphatic heterocycles. The standard InChI is InChI=1S/C10H23N3O2S.ClH/c1-2-9-16(14,15)12-10-3-6-13(7-4-10)8-5-11;/h10,12H,2-9,11H2,1H3;1H. The van der Waals surface area contributed by atoms with Crippen molar-refractivity contribution in [2.75, 3.05) is 31.9 Å². The Morgan fingerprint density at radius 3 is 2.41 bits per heavy atom. The summed E-state index contributed by atoms with van der Waals surface area (Å²) in [4.78, 5) is 2.28. The van der Waals surface area contributed by atoms with Gasteiger partial charge in [0.1, 0.15) is 0 Å². The molecule has 0 aromatic heterocycles. The minimum atomic E-state index is -3.05. The summed E-state index contributed by atoms with van der Waals surface area (Å²) in [5.74, 6) is 0.232. The van der Waals surface area contributed by atoms with Gasteiger partial charge in [0, 0.05) is 19.1 Å². The molecule has 1 fully saturated rings. The molecule has 1 rings (SSSR count). The number of nitrogens with two attached hydrogens (primary N) is 1. The van der Waals surface area contributed by atoms with Crippen LogP contribution in [0.4, 0.5) is 0 Å². The normalized spacial score (nSPS) is 18.9. The Kier molecular flexibility index (Phi) is 8.32. The summed E-state index contributed by atoms with van der Waals surface area (Å²) in [6, 6.07) is 0.116. The molecular formula is C10H24ClN3O2S. The fourth-order valence-corrected chi connectivity index (χ4v) is 3.44. The van der Waals surface area contributed by atoms with Crippen molar-refractivity contribution in [1.82, 2.24) is 9.62 Å². The van der Waals surface area contributed by atoms with Crippen molar-refractivity contribution in [3.8, 4) is 0 Å². The van der Waals surface area contributed by atoms with Crippen LogP contribution in [0.15, 0.2) is 0 Å². The van der Waals surface area contributed by atoms with Crippen LogP contribution >= 0.6 is 12.4 Å². The highest BCUT2D eigenvalue weighted by atomic mass is 35.5. The van der Waals surface area contributed by atoms with Crippen LogP contribution in [0.25, 0.3) is 0 Å². The second kappa shape index (κ2) is 8.26. The maximum absolute atomic E-state index is 11.6. The summed E-state index contributed by atoms with van der Waals surface area (Å²) in [6.07, 6.45) is 2.45. The van der Waals surface area contributed by atoms with Crippen molar-refractivity contribution in [3.63, 3.8) is 0 Å². The molecule has 17 heavy (non-hydrogen) atoms. The topological polar surface area (TPSA) is 75.4 Å². The molecule has 0 aromatic carbocycles. The van der Waals surface area contributed by atoms with Gasteiger partial charge in [-0.15, -0.1) is 12.4 Å². The predicted molar refractivity (Wildman–Crippen MR) is 73.0 cm³/mol. The van der Waals surface area contributed by atoms with E-state index in [-0.39, 0.29) is 24.2 Å². The van der Waals surface area contributed by atoms with Crippen molar-refractivity contribution < 1.29 is 8.42 Å². The highest BCUT2D eigenvalue weighted by Gasteiger charge is 2.22. The highest BCUT2D eigenvalue weighted by molar-refractivity contribution is 7.89. The van der Waals surface area contributed by atoms with Gasteiger partial charge in [-0.2, -0.15) is 0 Å². The second-order valence-corrected chi connectivity index (χ2v) is 6.21. The fourth-order valence-electron chi connectivity index (χ4n) is 2.04. The minimum absolute atomic E-state index is 0. The first-order valence-electron chi connectivity index (χ1n) is 6.00. The zero-order valence-electron chi connectivity index (χ0n) is 10.4. The highest BCUT2D eigenvalue weighted by Crippen LogP contribution is 2.10. The number of sulfonamides is 1. The fraction of sp³-hybridized carbons (Fsp3) is 1.00. The lowest BCUT2D eigenvalue weighted by Crippen LogP contribution is -2.46. The molecule has 0 aliphatic carbocycles. The Balaban J connectivity index is 0.00000256. The molecule has 0 spiro atoms. The molecule has 0 bridgehead atoms. The van der Waals surface area contributed by atoms with E-state index in [1.54, 1.807) is 0 Å². The minimum Gasteiger partial charge on any atom is -0.329 e. The lowest BCUT2D eigenvalue weighted by atomic mass is 10.1. The molecule has 1 saturated heterocycles. The van der Waals surface area contributed by atoms with Crippen LogP contribution in [0.3, 0.4) is 0 Å². The number of likely N-dealkylation sites (tertiary alicyclic amines) is 1. The number of piperidine rings is 1. The van der Waals surface area contributed by atoms with Gasteiger partial charge in [0.05, 0.1) is 5.75 Å². The number of nitrogens with one attached hydrogen (secondary N) is 1. The van der Waals surface area contributed by atoms with Gasteiger partial charge < -0.3 is 10.6 Å². The van der Waals surface area contributed by atoms with Crippen LogP contribution < -0.4 is 10.5 Å². The summed E-state index contributed by atoms with van der Waals surface area (Å²) in [7, 11) is -3.05. The maximum Gasteiger partial charge on any atom is 0.211 e. The summed E-state index contributed by atoms with van der Waals surface area (Å²) < 4.78 is 25.9. The molecule has 7 heteroatoms. The monoisotopic (exact) mass is 285 g/mol. The molecule has 0 radical (unpaired) electrons. The van der Waals surface area contributed by atoms with Crippen LogP contribution in [0.5, 0.6) is 0 Å². The van der Waals surface area contributed by atoms with Crippen molar-refractivity contribution in [3.05, 3.63) is 0 Å². The van der Waals surface area contributed by atoms with Crippen molar-refractivity contribution >= 4 is 22.4 Å². The van der Waals surface area contributed by atoms with Gasteiger partial charge in [-0.3, -0.25) is 0 Å². The lowest BCUT2D eigenvalue weighted by molar-refractivity contribution is 0.212. The Labute approximate surface area is 111 Å². The van der Waals surface area contributed by atoms with Crippen molar-refractivity contribution in [2.45, 2.75) is 32.2 Å². The van der Waals surface area contributed by atoms with Gasteiger partial charge in [-0.1, -0.05) is 6.92 Å². The Morgan fingerprint density at radius 2 is 1.94 bits per heavy atom. The van der Waals surface area contributed by atoms with E-state index in [1.807, 2.05) is 6.92 Å². The van der Waals surface area contributed by atoms with Crippen LogP contribution in [0.1, 0.15) is 26.2 Å². The molecule has 104 valence electrons. The van der Waals surface area contributed by atoms with E-state index in [1.165, 1.54) is 0 Å². The molecule has 0 atom stereocenters. The number of hydrogen-bond acceptors (Lipinski definition) is 4. The lowest BCUT2D eigenvalue weighted by Gasteiger charge is -2.31. The SMILES string of the molecule is CCCS(=O)(=O)NC1CCN(CCN)CC1.Cl. The first kappa shape index (κ1) is 17.1. The second-order valence-electron chi connectivity index (χ2n) is 4.34. The van der Waals surface area contributed by atoms with Gasteiger partial charge in [0.2, 0.25) is 10.0 Å². The van der Waals surface area contributed by atoms with Crippen LogP contribution in [-0.4, -0.2) is 51.3 Å². The number of rotatable bonds is 6. The van der Waals surface area contributed by atoms with Gasteiger partial charge >= 0.3 is 0 Å². The van der Waals surface area contributed by atoms with Gasteiger partial charge in [-0.05, 0) is 32.4 Å².